The van der Waals surface area contributed by atoms with Crippen LogP contribution in [0.1, 0.15) is 42.7 Å². The Balaban J connectivity index is 1.22. The first-order chi connectivity index (χ1) is 16.5. The van der Waals surface area contributed by atoms with Crippen molar-refractivity contribution in [1.29, 1.82) is 0 Å². The van der Waals surface area contributed by atoms with Gasteiger partial charge in [-0.25, -0.2) is 4.79 Å². The van der Waals surface area contributed by atoms with E-state index in [0.717, 1.165) is 24.0 Å². The maximum atomic E-state index is 12.4. The van der Waals surface area contributed by atoms with Crippen LogP contribution < -0.4 is 5.32 Å². The van der Waals surface area contributed by atoms with Gasteiger partial charge >= 0.3 is 12.1 Å². The number of nitrogens with zero attached hydrogens (tertiary/aromatic N) is 1. The number of fused-ring (bicyclic) bond motifs is 3. The lowest BCUT2D eigenvalue weighted by Crippen LogP contribution is -2.39. The molecule has 2 N–H and O–H groups in total. The maximum Gasteiger partial charge on any atom is 0.407 e. The van der Waals surface area contributed by atoms with Crippen LogP contribution in [-0.2, 0) is 14.3 Å². The first-order valence-corrected chi connectivity index (χ1v) is 11.8. The van der Waals surface area contributed by atoms with Crippen LogP contribution in [0, 0.1) is 5.92 Å². The molecule has 34 heavy (non-hydrogen) atoms. The van der Waals surface area contributed by atoms with Crippen molar-refractivity contribution in [2.24, 2.45) is 5.92 Å². The molecule has 7 nitrogen and oxygen atoms in total. The Kier molecular flexibility index (Phi) is 7.62. The van der Waals surface area contributed by atoms with Gasteiger partial charge in [-0.3, -0.25) is 9.59 Å². The first-order valence-electron chi connectivity index (χ1n) is 11.8. The number of benzene rings is 2. The van der Waals surface area contributed by atoms with Gasteiger partial charge in [0.05, 0.1) is 0 Å². The number of rotatable bonds is 8. The normalized spacial score (nSPS) is 17.3. The summed E-state index contributed by atoms with van der Waals surface area (Å²) in [7, 11) is 0. The molecule has 0 radical (unpaired) electrons. The van der Waals surface area contributed by atoms with Crippen molar-refractivity contribution in [3.8, 4) is 11.1 Å². The minimum Gasteiger partial charge on any atom is -0.481 e. The third kappa shape index (κ3) is 5.65. The number of nitrogens with one attached hydrogen (secondary N) is 1. The Labute approximate surface area is 199 Å². The summed E-state index contributed by atoms with van der Waals surface area (Å²) in [6.45, 7) is 1.69. The van der Waals surface area contributed by atoms with Gasteiger partial charge in [0.2, 0.25) is 5.91 Å². The van der Waals surface area contributed by atoms with E-state index in [1.54, 1.807) is 11.0 Å². The predicted octanol–water partition coefficient (Wildman–Crippen LogP) is 4.18. The Morgan fingerprint density at radius 3 is 2.41 bits per heavy atom. The van der Waals surface area contributed by atoms with Crippen LogP contribution in [0.15, 0.2) is 60.7 Å². The number of aliphatic carboxylic acids is 1. The molecule has 2 amide bonds. The highest BCUT2D eigenvalue weighted by atomic mass is 16.5. The molecule has 1 aliphatic heterocycles. The Morgan fingerprint density at radius 2 is 1.74 bits per heavy atom. The molecule has 0 aromatic heterocycles. The average molecular weight is 463 g/mol. The van der Waals surface area contributed by atoms with Gasteiger partial charge < -0.3 is 20.1 Å². The predicted molar refractivity (Wildman–Crippen MR) is 128 cm³/mol. The van der Waals surface area contributed by atoms with Gasteiger partial charge in [0.1, 0.15) is 6.61 Å². The van der Waals surface area contributed by atoms with Gasteiger partial charge in [0.25, 0.3) is 0 Å². The number of piperidine rings is 1. The van der Waals surface area contributed by atoms with Crippen LogP contribution in [-0.4, -0.2) is 54.2 Å². The van der Waals surface area contributed by atoms with Crippen molar-refractivity contribution in [3.63, 3.8) is 0 Å². The molecule has 0 saturated carbocycles. The monoisotopic (exact) mass is 462 g/mol. The summed E-state index contributed by atoms with van der Waals surface area (Å²) in [6.07, 6.45) is 5.10. The molecule has 2 aliphatic rings. The second-order valence-corrected chi connectivity index (χ2v) is 8.83. The topological polar surface area (TPSA) is 95.9 Å². The first kappa shape index (κ1) is 23.5. The molecule has 4 rings (SSSR count). The molecule has 1 saturated heterocycles. The summed E-state index contributed by atoms with van der Waals surface area (Å²) in [5, 5.41) is 11.5. The number of carbonyl (C=O) groups excluding carboxylic acids is 2. The van der Waals surface area contributed by atoms with E-state index in [2.05, 4.69) is 29.6 Å². The van der Waals surface area contributed by atoms with Crippen LogP contribution in [0.5, 0.6) is 0 Å². The van der Waals surface area contributed by atoms with Gasteiger partial charge in [-0.1, -0.05) is 54.6 Å². The zero-order chi connectivity index (χ0) is 23.9. The molecule has 1 aliphatic carbocycles. The van der Waals surface area contributed by atoms with Crippen molar-refractivity contribution in [2.75, 3.05) is 26.2 Å². The number of hydrogen-bond donors (Lipinski definition) is 2. The molecular weight excluding hydrogens is 432 g/mol. The lowest BCUT2D eigenvalue weighted by atomic mass is 9.93. The quantitative estimate of drug-likeness (QED) is 0.574. The summed E-state index contributed by atoms with van der Waals surface area (Å²) in [6, 6.07) is 16.3. The maximum absolute atomic E-state index is 12.4. The van der Waals surface area contributed by atoms with Crippen LogP contribution in [0.4, 0.5) is 4.79 Å². The van der Waals surface area contributed by atoms with E-state index in [-0.39, 0.29) is 37.3 Å². The summed E-state index contributed by atoms with van der Waals surface area (Å²) >= 11 is 0. The second kappa shape index (κ2) is 11.0. The summed E-state index contributed by atoms with van der Waals surface area (Å²) in [5.74, 6) is -0.693. The highest BCUT2D eigenvalue weighted by molar-refractivity contribution is 5.87. The van der Waals surface area contributed by atoms with E-state index in [4.69, 9.17) is 9.84 Å². The highest BCUT2D eigenvalue weighted by Gasteiger charge is 2.29. The van der Waals surface area contributed by atoms with Gasteiger partial charge in [-0.2, -0.15) is 0 Å². The molecule has 7 heteroatoms. The van der Waals surface area contributed by atoms with E-state index in [1.807, 2.05) is 24.3 Å². The number of carboxylic acid groups (broad SMARTS) is 1. The smallest absolute Gasteiger partial charge is 0.407 e. The SMILES string of the molecule is O=C(O)CCC1CCCN(C(=O)/C=C/CNC(=O)OCC2c3ccccc3-c3ccccc32)C1. The lowest BCUT2D eigenvalue weighted by molar-refractivity contribution is -0.137. The molecular formula is C27H30N2O5. The van der Waals surface area contributed by atoms with Gasteiger partial charge in [0.15, 0.2) is 0 Å². The van der Waals surface area contributed by atoms with Crippen molar-refractivity contribution in [3.05, 3.63) is 71.8 Å². The van der Waals surface area contributed by atoms with Crippen LogP contribution in [0.2, 0.25) is 0 Å². The fourth-order valence-corrected chi connectivity index (χ4v) is 4.89. The molecule has 1 unspecified atom stereocenters. The van der Waals surface area contributed by atoms with E-state index >= 15 is 0 Å². The van der Waals surface area contributed by atoms with Crippen molar-refractivity contribution >= 4 is 18.0 Å². The summed E-state index contributed by atoms with van der Waals surface area (Å²) in [4.78, 5) is 37.2. The Morgan fingerprint density at radius 1 is 1.06 bits per heavy atom. The van der Waals surface area contributed by atoms with Gasteiger partial charge in [-0.15, -0.1) is 0 Å². The van der Waals surface area contributed by atoms with Crippen LogP contribution in [0.3, 0.4) is 0 Å². The fourth-order valence-electron chi connectivity index (χ4n) is 4.89. The summed E-state index contributed by atoms with van der Waals surface area (Å²) < 4.78 is 5.50. The largest absolute Gasteiger partial charge is 0.481 e. The van der Waals surface area contributed by atoms with E-state index in [1.165, 1.54) is 17.2 Å². The zero-order valence-electron chi connectivity index (χ0n) is 19.1. The van der Waals surface area contributed by atoms with E-state index in [0.29, 0.717) is 19.5 Å². The molecule has 1 heterocycles. The Hall–Kier alpha value is -3.61. The number of likely N-dealkylation sites (tertiary alicyclic amines) is 1. The number of carbonyl (C=O) groups is 3. The molecule has 0 spiro atoms. The molecule has 1 atom stereocenters. The number of ether oxygens (including phenoxy) is 1. The van der Waals surface area contributed by atoms with Crippen molar-refractivity contribution in [2.45, 2.75) is 31.6 Å². The standard InChI is InChI=1S/C27H30N2O5/c30-25(29-16-6-7-19(17-29)13-14-26(31)32)12-5-15-28-27(33)34-18-24-22-10-3-1-8-20(22)21-9-2-4-11-23(21)24/h1-5,8-12,19,24H,6-7,13-18H2,(H,28,33)(H,31,32)/b12-5+. The van der Waals surface area contributed by atoms with Crippen molar-refractivity contribution < 1.29 is 24.2 Å². The van der Waals surface area contributed by atoms with Gasteiger partial charge in [-0.05, 0) is 47.4 Å². The zero-order valence-corrected chi connectivity index (χ0v) is 19.1. The van der Waals surface area contributed by atoms with Crippen molar-refractivity contribution in [1.82, 2.24) is 10.2 Å². The minimum atomic E-state index is -0.803. The number of hydrogen-bond acceptors (Lipinski definition) is 4. The summed E-state index contributed by atoms with van der Waals surface area (Å²) in [5.41, 5.74) is 4.67. The lowest BCUT2D eigenvalue weighted by Gasteiger charge is -2.32. The average Bonchev–Trinajstić information content (AvgIpc) is 3.18. The molecule has 2 aromatic rings. The third-order valence-corrected chi connectivity index (χ3v) is 6.57. The number of carboxylic acids is 1. The fraction of sp³-hybridized carbons (Fsp3) is 0.370. The van der Waals surface area contributed by atoms with Crippen LogP contribution >= 0.6 is 0 Å². The van der Waals surface area contributed by atoms with E-state index in [9.17, 15) is 14.4 Å². The molecule has 2 aromatic carbocycles. The number of amides is 2. The highest BCUT2D eigenvalue weighted by Crippen LogP contribution is 2.44. The van der Waals surface area contributed by atoms with E-state index < -0.39 is 12.1 Å². The van der Waals surface area contributed by atoms with Crippen LogP contribution in [0.25, 0.3) is 11.1 Å². The Bertz CT molecular complexity index is 1030. The molecule has 0 bridgehead atoms. The molecule has 1 fully saturated rings. The third-order valence-electron chi connectivity index (χ3n) is 6.57. The molecule has 178 valence electrons. The minimum absolute atomic E-state index is 0.00319. The van der Waals surface area contributed by atoms with Gasteiger partial charge in [0, 0.05) is 38.0 Å². The number of alkyl carbamates (subject to hydrolysis) is 1. The second-order valence-electron chi connectivity index (χ2n) is 8.83.